The zero-order valence-corrected chi connectivity index (χ0v) is 17.5. The maximum absolute atomic E-state index is 12.7. The molecule has 0 atom stereocenters. The molecule has 0 saturated carbocycles. The number of nitrogens with zero attached hydrogens (tertiary/aromatic N) is 1. The Morgan fingerprint density at radius 3 is 2.57 bits per heavy atom. The molecule has 0 bridgehead atoms. The molecular formula is C23H30N2O5. The second-order valence-electron chi connectivity index (χ2n) is 8.15. The van der Waals surface area contributed by atoms with Gasteiger partial charge in [0.15, 0.2) is 17.3 Å². The molecule has 7 heteroatoms. The fourth-order valence-corrected chi connectivity index (χ4v) is 4.27. The van der Waals surface area contributed by atoms with Crippen molar-refractivity contribution in [1.29, 1.82) is 0 Å². The topological polar surface area (TPSA) is 73.2 Å². The molecule has 2 aromatic rings. The number of amides is 1. The number of benzene rings is 1. The van der Waals surface area contributed by atoms with Crippen molar-refractivity contribution in [1.82, 2.24) is 10.2 Å². The van der Waals surface area contributed by atoms with Crippen LogP contribution in [0.1, 0.15) is 36.2 Å². The second-order valence-corrected chi connectivity index (χ2v) is 8.15. The van der Waals surface area contributed by atoms with Crippen LogP contribution in [0.25, 0.3) is 0 Å². The quantitative estimate of drug-likeness (QED) is 0.710. The third kappa shape index (κ3) is 4.96. The molecule has 7 nitrogen and oxygen atoms in total. The van der Waals surface area contributed by atoms with Crippen LogP contribution in [-0.4, -0.2) is 57.3 Å². The van der Waals surface area contributed by atoms with E-state index in [9.17, 15) is 4.79 Å². The Labute approximate surface area is 177 Å². The van der Waals surface area contributed by atoms with Gasteiger partial charge in [-0.05, 0) is 57.0 Å². The van der Waals surface area contributed by atoms with Crippen molar-refractivity contribution in [2.75, 3.05) is 46.5 Å². The number of likely N-dealkylation sites (tertiary alicyclic amines) is 1. The van der Waals surface area contributed by atoms with Crippen LogP contribution in [0.5, 0.6) is 17.4 Å². The lowest BCUT2D eigenvalue weighted by Gasteiger charge is -2.40. The van der Waals surface area contributed by atoms with Gasteiger partial charge >= 0.3 is 0 Å². The van der Waals surface area contributed by atoms with E-state index in [1.54, 1.807) is 31.4 Å². The molecule has 2 aliphatic rings. The van der Waals surface area contributed by atoms with Crippen molar-refractivity contribution < 1.29 is 23.4 Å². The summed E-state index contributed by atoms with van der Waals surface area (Å²) in [6, 6.07) is 10.6. The van der Waals surface area contributed by atoms with E-state index in [1.807, 2.05) is 12.1 Å². The summed E-state index contributed by atoms with van der Waals surface area (Å²) < 4.78 is 22.2. The zero-order valence-electron chi connectivity index (χ0n) is 17.5. The van der Waals surface area contributed by atoms with Gasteiger partial charge in [0, 0.05) is 37.8 Å². The van der Waals surface area contributed by atoms with Gasteiger partial charge in [0.05, 0.1) is 7.11 Å². The highest BCUT2D eigenvalue weighted by Crippen LogP contribution is 2.33. The summed E-state index contributed by atoms with van der Waals surface area (Å²) >= 11 is 0. The number of methoxy groups -OCH3 is 1. The van der Waals surface area contributed by atoms with E-state index in [2.05, 4.69) is 10.2 Å². The molecule has 3 heterocycles. The van der Waals surface area contributed by atoms with E-state index in [-0.39, 0.29) is 23.0 Å². The lowest BCUT2D eigenvalue weighted by atomic mass is 9.79. The second kappa shape index (κ2) is 9.53. The first kappa shape index (κ1) is 20.8. The zero-order chi connectivity index (χ0) is 20.8. The van der Waals surface area contributed by atoms with Gasteiger partial charge in [0.1, 0.15) is 0 Å². The van der Waals surface area contributed by atoms with E-state index in [1.165, 1.54) is 12.8 Å². The lowest BCUT2D eigenvalue weighted by molar-refractivity contribution is -0.000761. The molecule has 2 aliphatic heterocycles. The molecule has 162 valence electrons. The van der Waals surface area contributed by atoms with Crippen molar-refractivity contribution >= 4 is 5.91 Å². The first-order valence-electron chi connectivity index (χ1n) is 10.7. The molecule has 0 radical (unpaired) electrons. The number of carbonyl (C=O) groups is 1. The number of para-hydroxylation sites is 2. The number of rotatable bonds is 8. The predicted molar refractivity (Wildman–Crippen MR) is 112 cm³/mol. The molecule has 0 spiro atoms. The molecule has 0 unspecified atom stereocenters. The third-order valence-corrected chi connectivity index (χ3v) is 6.02. The SMILES string of the molecule is COc1ccccc1Oc1ccc(C(=O)NCC2(CN3CCCC3)CCOCC2)o1. The highest BCUT2D eigenvalue weighted by atomic mass is 16.6. The van der Waals surface area contributed by atoms with Crippen LogP contribution in [0.2, 0.25) is 0 Å². The molecule has 1 aromatic carbocycles. The Kier molecular flexibility index (Phi) is 6.59. The Morgan fingerprint density at radius 1 is 1.10 bits per heavy atom. The van der Waals surface area contributed by atoms with E-state index >= 15 is 0 Å². The van der Waals surface area contributed by atoms with Gasteiger partial charge in [-0.1, -0.05) is 12.1 Å². The van der Waals surface area contributed by atoms with Crippen LogP contribution in [0.15, 0.2) is 40.8 Å². The number of ether oxygens (including phenoxy) is 3. The molecule has 1 aromatic heterocycles. The van der Waals surface area contributed by atoms with Gasteiger partial charge in [0.25, 0.3) is 11.9 Å². The van der Waals surface area contributed by atoms with Crippen molar-refractivity contribution in [2.24, 2.45) is 5.41 Å². The number of hydrogen-bond acceptors (Lipinski definition) is 6. The van der Waals surface area contributed by atoms with Crippen molar-refractivity contribution in [3.05, 3.63) is 42.2 Å². The maximum atomic E-state index is 12.7. The molecule has 0 aliphatic carbocycles. The van der Waals surface area contributed by atoms with Gasteiger partial charge in [-0.2, -0.15) is 0 Å². The van der Waals surface area contributed by atoms with E-state index < -0.39 is 0 Å². The molecule has 30 heavy (non-hydrogen) atoms. The van der Waals surface area contributed by atoms with Crippen LogP contribution in [-0.2, 0) is 4.74 Å². The Balaban J connectivity index is 1.37. The van der Waals surface area contributed by atoms with Crippen LogP contribution in [0, 0.1) is 5.41 Å². The summed E-state index contributed by atoms with van der Waals surface area (Å²) in [5.74, 6) is 1.40. The van der Waals surface area contributed by atoms with Crippen LogP contribution in [0.4, 0.5) is 0 Å². The van der Waals surface area contributed by atoms with E-state index in [0.29, 0.717) is 18.0 Å². The summed E-state index contributed by atoms with van der Waals surface area (Å²) in [7, 11) is 1.58. The van der Waals surface area contributed by atoms with Crippen molar-refractivity contribution in [2.45, 2.75) is 25.7 Å². The first-order valence-corrected chi connectivity index (χ1v) is 10.7. The highest BCUT2D eigenvalue weighted by molar-refractivity contribution is 5.91. The van der Waals surface area contributed by atoms with Gasteiger partial charge in [-0.3, -0.25) is 4.79 Å². The average Bonchev–Trinajstić information content (AvgIpc) is 3.45. The minimum Gasteiger partial charge on any atom is -0.493 e. The summed E-state index contributed by atoms with van der Waals surface area (Å²) in [5, 5.41) is 3.09. The Morgan fingerprint density at radius 2 is 1.83 bits per heavy atom. The van der Waals surface area contributed by atoms with Crippen LogP contribution in [0.3, 0.4) is 0 Å². The number of nitrogens with one attached hydrogen (secondary N) is 1. The smallest absolute Gasteiger partial charge is 0.290 e. The highest BCUT2D eigenvalue weighted by Gasteiger charge is 2.35. The fraction of sp³-hybridized carbons (Fsp3) is 0.522. The number of hydrogen-bond donors (Lipinski definition) is 1. The van der Waals surface area contributed by atoms with Gasteiger partial charge in [-0.15, -0.1) is 0 Å². The lowest BCUT2D eigenvalue weighted by Crippen LogP contribution is -2.48. The monoisotopic (exact) mass is 414 g/mol. The summed E-state index contributed by atoms with van der Waals surface area (Å²) in [6.07, 6.45) is 4.45. The molecule has 2 saturated heterocycles. The number of furan rings is 1. The van der Waals surface area contributed by atoms with Crippen molar-refractivity contribution in [3.8, 4) is 17.4 Å². The van der Waals surface area contributed by atoms with E-state index in [0.717, 1.165) is 45.7 Å². The fourth-order valence-electron chi connectivity index (χ4n) is 4.27. The Hall–Kier alpha value is -2.51. The van der Waals surface area contributed by atoms with Crippen LogP contribution < -0.4 is 14.8 Å². The number of carbonyl (C=O) groups excluding carboxylic acids is 1. The largest absolute Gasteiger partial charge is 0.493 e. The van der Waals surface area contributed by atoms with Gasteiger partial charge < -0.3 is 28.8 Å². The summed E-state index contributed by atoms with van der Waals surface area (Å²) in [5.41, 5.74) is 0.0571. The van der Waals surface area contributed by atoms with E-state index in [4.69, 9.17) is 18.6 Å². The van der Waals surface area contributed by atoms with Crippen molar-refractivity contribution in [3.63, 3.8) is 0 Å². The Bertz CT molecular complexity index is 838. The average molecular weight is 415 g/mol. The standard InChI is InChI=1S/C23H30N2O5/c1-27-18-6-2-3-7-19(18)29-21-9-8-20(30-21)22(26)24-16-23(10-14-28-15-11-23)17-25-12-4-5-13-25/h2-3,6-9H,4-5,10-17H2,1H3,(H,24,26). The van der Waals surface area contributed by atoms with Gasteiger partial charge in [0.2, 0.25) is 0 Å². The normalized spacial score (nSPS) is 18.8. The first-order chi connectivity index (χ1) is 14.7. The minimum absolute atomic E-state index is 0.0571. The molecule has 1 amide bonds. The summed E-state index contributed by atoms with van der Waals surface area (Å²) in [4.78, 5) is 15.2. The molecular weight excluding hydrogens is 384 g/mol. The third-order valence-electron chi connectivity index (χ3n) is 6.02. The molecule has 1 N–H and O–H groups in total. The minimum atomic E-state index is -0.225. The van der Waals surface area contributed by atoms with Gasteiger partial charge in [-0.25, -0.2) is 0 Å². The molecule has 4 rings (SSSR count). The summed E-state index contributed by atoms with van der Waals surface area (Å²) in [6.45, 7) is 5.44. The molecule has 2 fully saturated rings. The predicted octanol–water partition coefficient (Wildman–Crippen LogP) is 3.70. The van der Waals surface area contributed by atoms with Crippen LogP contribution >= 0.6 is 0 Å². The maximum Gasteiger partial charge on any atom is 0.290 e.